The number of likely N-dealkylation sites (tertiary alicyclic amines) is 1. The van der Waals surface area contributed by atoms with Crippen molar-refractivity contribution in [1.29, 1.82) is 5.26 Å². The summed E-state index contributed by atoms with van der Waals surface area (Å²) in [6.45, 7) is 0.695. The van der Waals surface area contributed by atoms with Crippen LogP contribution in [-0.2, 0) is 0 Å². The van der Waals surface area contributed by atoms with Crippen LogP contribution in [0.2, 0.25) is 10.0 Å². The van der Waals surface area contributed by atoms with E-state index in [1.807, 2.05) is 6.07 Å². The lowest BCUT2D eigenvalue weighted by molar-refractivity contribution is 0.0691. The van der Waals surface area contributed by atoms with Gasteiger partial charge >= 0.3 is 0 Å². The molecule has 0 radical (unpaired) electrons. The van der Waals surface area contributed by atoms with E-state index < -0.39 is 0 Å². The molecule has 0 spiro atoms. The van der Waals surface area contributed by atoms with E-state index in [9.17, 15) is 9.59 Å². The van der Waals surface area contributed by atoms with E-state index in [2.05, 4.69) is 11.1 Å². The van der Waals surface area contributed by atoms with Crippen LogP contribution in [0, 0.1) is 11.3 Å². The molecule has 2 amide bonds. The van der Waals surface area contributed by atoms with Crippen molar-refractivity contribution < 1.29 is 14.3 Å². The molecule has 2 aromatic carbocycles. The number of pyridine rings is 1. The van der Waals surface area contributed by atoms with Gasteiger partial charge in [-0.1, -0.05) is 35.3 Å². The van der Waals surface area contributed by atoms with E-state index in [1.54, 1.807) is 71.4 Å². The second-order valence-electron chi connectivity index (χ2n) is 8.23. The van der Waals surface area contributed by atoms with Crippen LogP contribution in [0.25, 0.3) is 0 Å². The molecule has 9 heteroatoms. The number of amides is 2. The van der Waals surface area contributed by atoms with E-state index in [4.69, 9.17) is 33.2 Å². The van der Waals surface area contributed by atoms with Crippen LogP contribution in [0.4, 0.5) is 0 Å². The molecule has 178 valence electrons. The van der Waals surface area contributed by atoms with Crippen molar-refractivity contribution >= 4 is 35.0 Å². The van der Waals surface area contributed by atoms with Crippen LogP contribution in [0.15, 0.2) is 60.7 Å². The quantitative estimate of drug-likeness (QED) is 0.500. The van der Waals surface area contributed by atoms with Crippen molar-refractivity contribution in [3.8, 4) is 11.9 Å². The Hall–Kier alpha value is -3.60. The van der Waals surface area contributed by atoms with Gasteiger partial charge in [0.1, 0.15) is 5.69 Å². The Balaban J connectivity index is 1.65. The Morgan fingerprint density at radius 3 is 2.49 bits per heavy atom. The van der Waals surface area contributed by atoms with Crippen LogP contribution in [0.5, 0.6) is 5.88 Å². The first-order chi connectivity index (χ1) is 16.8. The molecule has 2 atom stereocenters. The normalized spacial score (nSPS) is 17.1. The summed E-state index contributed by atoms with van der Waals surface area (Å²) in [5.41, 5.74) is 2.07. The molecule has 3 aromatic rings. The molecule has 0 bridgehead atoms. The zero-order chi connectivity index (χ0) is 25.1. The molecule has 7 nitrogen and oxygen atoms in total. The van der Waals surface area contributed by atoms with Crippen molar-refractivity contribution in [1.82, 2.24) is 14.8 Å². The molecule has 1 aromatic heterocycles. The lowest BCUT2D eigenvalue weighted by Gasteiger charge is -2.29. The molecule has 0 saturated carbocycles. The molecule has 2 heterocycles. The molecule has 1 aliphatic heterocycles. The molecule has 0 N–H and O–H groups in total. The third kappa shape index (κ3) is 5.09. The molecule has 1 saturated heterocycles. The van der Waals surface area contributed by atoms with Crippen molar-refractivity contribution in [2.75, 3.05) is 27.2 Å². The first-order valence-electron chi connectivity index (χ1n) is 10.8. The number of benzene rings is 2. The maximum Gasteiger partial charge on any atom is 0.272 e. The Morgan fingerprint density at radius 2 is 1.83 bits per heavy atom. The minimum Gasteiger partial charge on any atom is -0.481 e. The summed E-state index contributed by atoms with van der Waals surface area (Å²) in [7, 11) is 3.19. The van der Waals surface area contributed by atoms with Gasteiger partial charge in [0.05, 0.1) is 34.8 Å². The summed E-state index contributed by atoms with van der Waals surface area (Å²) < 4.78 is 5.16. The number of nitrogens with zero attached hydrogens (tertiary/aromatic N) is 4. The number of halogens is 2. The van der Waals surface area contributed by atoms with Crippen LogP contribution in [0.1, 0.15) is 37.9 Å². The van der Waals surface area contributed by atoms with Gasteiger partial charge in [-0.3, -0.25) is 9.59 Å². The van der Waals surface area contributed by atoms with Crippen molar-refractivity contribution in [2.24, 2.45) is 0 Å². The molecular formula is C26H22Cl2N4O3. The van der Waals surface area contributed by atoms with Gasteiger partial charge in [0.15, 0.2) is 0 Å². The fourth-order valence-corrected chi connectivity index (χ4v) is 4.57. The number of methoxy groups -OCH3 is 1. The molecular weight excluding hydrogens is 487 g/mol. The minimum atomic E-state index is -0.338. The Labute approximate surface area is 213 Å². The van der Waals surface area contributed by atoms with Gasteiger partial charge in [-0.05, 0) is 48.0 Å². The van der Waals surface area contributed by atoms with E-state index in [0.717, 1.165) is 5.56 Å². The number of rotatable bonds is 5. The van der Waals surface area contributed by atoms with Crippen LogP contribution in [0.3, 0.4) is 0 Å². The average molecular weight is 509 g/mol. The number of ether oxygens (including phenoxy) is 1. The first kappa shape index (κ1) is 24.5. The zero-order valence-electron chi connectivity index (χ0n) is 19.1. The molecule has 35 heavy (non-hydrogen) atoms. The Kier molecular flexibility index (Phi) is 7.25. The summed E-state index contributed by atoms with van der Waals surface area (Å²) in [4.78, 5) is 34.2. The zero-order valence-corrected chi connectivity index (χ0v) is 20.6. The predicted molar refractivity (Wildman–Crippen MR) is 133 cm³/mol. The number of nitriles is 1. The van der Waals surface area contributed by atoms with E-state index in [-0.39, 0.29) is 29.5 Å². The van der Waals surface area contributed by atoms with E-state index in [0.29, 0.717) is 40.1 Å². The highest BCUT2D eigenvalue weighted by Gasteiger charge is 2.40. The van der Waals surface area contributed by atoms with Crippen molar-refractivity contribution in [3.05, 3.63) is 93.1 Å². The minimum absolute atomic E-state index is 0.178. The Morgan fingerprint density at radius 1 is 1.09 bits per heavy atom. The van der Waals surface area contributed by atoms with E-state index in [1.165, 1.54) is 7.11 Å². The number of aromatic nitrogens is 1. The number of carbonyl (C=O) groups is 2. The molecule has 4 rings (SSSR count). The molecule has 0 unspecified atom stereocenters. The standard InChI is InChI=1S/C26H22Cl2N4O3/c1-31(26(34)22-4-3-5-24(30-22)35-2)23-15-32(25(33)17-8-6-16(13-29)7-9-17)14-19(23)18-10-11-20(27)21(28)12-18/h3-12,19,23H,14-15H2,1-2H3/t19-,23+/m0/s1. The number of hydrogen-bond donors (Lipinski definition) is 0. The highest BCUT2D eigenvalue weighted by atomic mass is 35.5. The summed E-state index contributed by atoms with van der Waals surface area (Å²) in [5.74, 6) is -0.324. The predicted octanol–water partition coefficient (Wildman–Crippen LogP) is 4.65. The van der Waals surface area contributed by atoms with Gasteiger partial charge in [0.25, 0.3) is 11.8 Å². The smallest absolute Gasteiger partial charge is 0.272 e. The first-order valence-corrected chi connectivity index (χ1v) is 11.6. The second kappa shape index (κ2) is 10.3. The summed E-state index contributed by atoms with van der Waals surface area (Å²) in [6, 6.07) is 18.6. The second-order valence-corrected chi connectivity index (χ2v) is 9.04. The van der Waals surface area contributed by atoms with Gasteiger partial charge in [-0.2, -0.15) is 5.26 Å². The van der Waals surface area contributed by atoms with Crippen LogP contribution >= 0.6 is 23.2 Å². The largest absolute Gasteiger partial charge is 0.481 e. The molecule has 1 aliphatic rings. The lowest BCUT2D eigenvalue weighted by atomic mass is 9.93. The lowest BCUT2D eigenvalue weighted by Crippen LogP contribution is -2.42. The SMILES string of the molecule is COc1cccc(C(=O)N(C)[C@@H]2CN(C(=O)c3ccc(C#N)cc3)C[C@H]2c2ccc(Cl)c(Cl)c2)n1. The third-order valence-electron chi connectivity index (χ3n) is 6.18. The monoisotopic (exact) mass is 508 g/mol. The fraction of sp³-hybridized carbons (Fsp3) is 0.231. The van der Waals surface area contributed by atoms with Gasteiger partial charge in [-0.15, -0.1) is 0 Å². The van der Waals surface area contributed by atoms with Gasteiger partial charge in [0.2, 0.25) is 5.88 Å². The van der Waals surface area contributed by atoms with Gasteiger partial charge < -0.3 is 14.5 Å². The maximum absolute atomic E-state index is 13.3. The number of likely N-dealkylation sites (N-methyl/N-ethyl adjacent to an activating group) is 1. The van der Waals surface area contributed by atoms with E-state index >= 15 is 0 Å². The summed E-state index contributed by atoms with van der Waals surface area (Å²) in [6.07, 6.45) is 0. The summed E-state index contributed by atoms with van der Waals surface area (Å²) >= 11 is 12.4. The van der Waals surface area contributed by atoms with Crippen molar-refractivity contribution in [2.45, 2.75) is 12.0 Å². The average Bonchev–Trinajstić information content (AvgIpc) is 3.34. The number of carbonyl (C=O) groups excluding carboxylic acids is 2. The highest BCUT2D eigenvalue weighted by Crippen LogP contribution is 2.35. The number of hydrogen-bond acceptors (Lipinski definition) is 5. The van der Waals surface area contributed by atoms with Crippen molar-refractivity contribution in [3.63, 3.8) is 0 Å². The molecule has 0 aliphatic carbocycles. The molecule has 1 fully saturated rings. The summed E-state index contributed by atoms with van der Waals surface area (Å²) in [5, 5.41) is 9.88. The topological polar surface area (TPSA) is 86.5 Å². The van der Waals surface area contributed by atoms with Gasteiger partial charge in [-0.25, -0.2) is 4.98 Å². The maximum atomic E-state index is 13.3. The highest BCUT2D eigenvalue weighted by molar-refractivity contribution is 6.42. The van der Waals surface area contributed by atoms with Gasteiger partial charge in [0, 0.05) is 37.7 Å². The van der Waals surface area contributed by atoms with Crippen LogP contribution < -0.4 is 4.74 Å². The Bertz CT molecular complexity index is 1310. The fourth-order valence-electron chi connectivity index (χ4n) is 4.26. The van der Waals surface area contributed by atoms with Crippen LogP contribution in [-0.4, -0.2) is 59.9 Å². The third-order valence-corrected chi connectivity index (χ3v) is 6.92.